The van der Waals surface area contributed by atoms with Crippen LogP contribution < -0.4 is 0 Å². The molecular formula is C13H15N3O. The fourth-order valence-electron chi connectivity index (χ4n) is 1.60. The van der Waals surface area contributed by atoms with Crippen molar-refractivity contribution in [2.24, 2.45) is 0 Å². The molecule has 2 aromatic rings. The van der Waals surface area contributed by atoms with Crippen LogP contribution in [0.2, 0.25) is 0 Å². The van der Waals surface area contributed by atoms with Gasteiger partial charge >= 0.3 is 0 Å². The lowest BCUT2D eigenvalue weighted by Crippen LogP contribution is -1.93. The Bertz CT molecular complexity index is 535. The minimum atomic E-state index is -0.0290. The van der Waals surface area contributed by atoms with Crippen molar-refractivity contribution in [3.63, 3.8) is 0 Å². The van der Waals surface area contributed by atoms with E-state index in [1.807, 2.05) is 24.7 Å². The highest BCUT2D eigenvalue weighted by Gasteiger charge is 2.03. The van der Waals surface area contributed by atoms with Crippen molar-refractivity contribution in [3.8, 4) is 0 Å². The van der Waals surface area contributed by atoms with Crippen LogP contribution in [0.15, 0.2) is 30.6 Å². The van der Waals surface area contributed by atoms with Crippen molar-refractivity contribution in [3.05, 3.63) is 47.6 Å². The van der Waals surface area contributed by atoms with Gasteiger partial charge in [0.05, 0.1) is 11.4 Å². The van der Waals surface area contributed by atoms with Gasteiger partial charge in [0.1, 0.15) is 0 Å². The zero-order valence-electron chi connectivity index (χ0n) is 9.97. The minimum absolute atomic E-state index is 0.0290. The van der Waals surface area contributed by atoms with Gasteiger partial charge in [-0.15, -0.1) is 0 Å². The second kappa shape index (κ2) is 4.82. The smallest absolute Gasteiger partial charge is 0.201 e. The van der Waals surface area contributed by atoms with Crippen LogP contribution in [-0.2, 0) is 6.54 Å². The lowest BCUT2D eigenvalue weighted by Gasteiger charge is -1.90. The Hall–Kier alpha value is -2.10. The molecule has 0 atom stereocenters. The third-order valence-electron chi connectivity index (χ3n) is 2.59. The molecular weight excluding hydrogens is 214 g/mol. The average Bonchev–Trinajstić information content (AvgIpc) is 2.95. The molecule has 2 aromatic heterocycles. The summed E-state index contributed by atoms with van der Waals surface area (Å²) in [6, 6.07) is 3.57. The van der Waals surface area contributed by atoms with E-state index in [1.165, 1.54) is 0 Å². The van der Waals surface area contributed by atoms with Crippen LogP contribution in [0.4, 0.5) is 0 Å². The Kier molecular flexibility index (Phi) is 3.23. The summed E-state index contributed by atoms with van der Waals surface area (Å²) in [4.78, 5) is 14.6. The predicted octanol–water partition coefficient (Wildman–Crippen LogP) is 2.44. The number of carbonyl (C=O) groups excluding carboxylic acids is 1. The number of allylic oxidation sites excluding steroid dienone is 1. The van der Waals surface area contributed by atoms with Crippen LogP contribution in [0.3, 0.4) is 0 Å². The van der Waals surface area contributed by atoms with Gasteiger partial charge in [0.2, 0.25) is 5.78 Å². The van der Waals surface area contributed by atoms with Crippen LogP contribution in [0.25, 0.3) is 6.08 Å². The molecule has 4 heteroatoms. The van der Waals surface area contributed by atoms with Gasteiger partial charge in [0.15, 0.2) is 0 Å². The molecule has 0 saturated heterocycles. The quantitative estimate of drug-likeness (QED) is 0.646. The number of H-pyrrole nitrogens is 1. The van der Waals surface area contributed by atoms with E-state index in [9.17, 15) is 4.79 Å². The summed E-state index contributed by atoms with van der Waals surface area (Å²) in [5.41, 5.74) is 2.51. The number of rotatable bonds is 4. The van der Waals surface area contributed by atoms with Gasteiger partial charge in [-0.1, -0.05) is 0 Å². The van der Waals surface area contributed by atoms with E-state index in [2.05, 4.69) is 10.1 Å². The van der Waals surface area contributed by atoms with Crippen molar-refractivity contribution >= 4 is 11.9 Å². The first-order valence-corrected chi connectivity index (χ1v) is 5.60. The highest BCUT2D eigenvalue weighted by atomic mass is 16.1. The maximum Gasteiger partial charge on any atom is 0.201 e. The summed E-state index contributed by atoms with van der Waals surface area (Å²) in [7, 11) is 0. The fourth-order valence-corrected chi connectivity index (χ4v) is 1.60. The lowest BCUT2D eigenvalue weighted by atomic mass is 10.2. The monoisotopic (exact) mass is 229 g/mol. The van der Waals surface area contributed by atoms with Crippen LogP contribution >= 0.6 is 0 Å². The van der Waals surface area contributed by atoms with E-state index in [4.69, 9.17) is 0 Å². The van der Waals surface area contributed by atoms with E-state index < -0.39 is 0 Å². The van der Waals surface area contributed by atoms with Crippen molar-refractivity contribution in [2.75, 3.05) is 0 Å². The highest BCUT2D eigenvalue weighted by Crippen LogP contribution is 2.09. The maximum atomic E-state index is 11.7. The molecule has 0 unspecified atom stereocenters. The van der Waals surface area contributed by atoms with Crippen LogP contribution in [0.1, 0.15) is 28.7 Å². The number of aromatic nitrogens is 3. The third-order valence-corrected chi connectivity index (χ3v) is 2.59. The summed E-state index contributed by atoms with van der Waals surface area (Å²) in [6.45, 7) is 4.80. The summed E-state index contributed by atoms with van der Waals surface area (Å²) in [6.07, 6.45) is 7.04. The number of hydrogen-bond donors (Lipinski definition) is 1. The molecule has 2 heterocycles. The van der Waals surface area contributed by atoms with E-state index >= 15 is 0 Å². The van der Waals surface area contributed by atoms with Crippen LogP contribution in [0, 0.1) is 6.92 Å². The Morgan fingerprint density at radius 3 is 3.00 bits per heavy atom. The minimum Gasteiger partial charge on any atom is -0.359 e. The van der Waals surface area contributed by atoms with Gasteiger partial charge < -0.3 is 4.98 Å². The Balaban J connectivity index is 2.15. The number of carbonyl (C=O) groups is 1. The molecule has 0 radical (unpaired) electrons. The second-order valence-electron chi connectivity index (χ2n) is 3.81. The van der Waals surface area contributed by atoms with Gasteiger partial charge in [-0.05, 0) is 38.1 Å². The standard InChI is InChI=1S/C13H15N3O/c1-3-16-9-11(10(2)15-16)6-7-13(17)12-5-4-8-14-12/h4-9,14H,3H2,1-2H3. The average molecular weight is 229 g/mol. The molecule has 4 nitrogen and oxygen atoms in total. The number of hydrogen-bond acceptors (Lipinski definition) is 2. The largest absolute Gasteiger partial charge is 0.359 e. The number of nitrogens with zero attached hydrogens (tertiary/aromatic N) is 2. The summed E-state index contributed by atoms with van der Waals surface area (Å²) < 4.78 is 1.86. The Labute approximate surface area is 100.0 Å². The zero-order valence-corrected chi connectivity index (χ0v) is 9.97. The second-order valence-corrected chi connectivity index (χ2v) is 3.81. The number of nitrogens with one attached hydrogen (secondary N) is 1. The molecule has 0 fully saturated rings. The summed E-state index contributed by atoms with van der Waals surface area (Å²) in [5, 5.41) is 4.32. The molecule has 1 N–H and O–H groups in total. The van der Waals surface area contributed by atoms with Crippen LogP contribution in [0.5, 0.6) is 0 Å². The molecule has 2 rings (SSSR count). The molecule has 88 valence electrons. The first kappa shape index (κ1) is 11.4. The van der Waals surface area contributed by atoms with E-state index in [0.29, 0.717) is 5.69 Å². The highest BCUT2D eigenvalue weighted by molar-refractivity contribution is 6.05. The normalized spacial score (nSPS) is 11.2. The molecule has 0 aliphatic carbocycles. The first-order chi connectivity index (χ1) is 8.20. The van der Waals surface area contributed by atoms with E-state index in [-0.39, 0.29) is 5.78 Å². The zero-order chi connectivity index (χ0) is 12.3. The van der Waals surface area contributed by atoms with Crippen molar-refractivity contribution in [1.29, 1.82) is 0 Å². The van der Waals surface area contributed by atoms with Gasteiger partial charge in [0.25, 0.3) is 0 Å². The first-order valence-electron chi connectivity index (χ1n) is 5.60. The van der Waals surface area contributed by atoms with Crippen molar-refractivity contribution < 1.29 is 4.79 Å². The van der Waals surface area contributed by atoms with Crippen molar-refractivity contribution in [1.82, 2.24) is 14.8 Å². The Morgan fingerprint density at radius 1 is 1.59 bits per heavy atom. The van der Waals surface area contributed by atoms with E-state index in [1.54, 1.807) is 30.5 Å². The molecule has 0 bridgehead atoms. The van der Waals surface area contributed by atoms with Crippen molar-refractivity contribution in [2.45, 2.75) is 20.4 Å². The third kappa shape index (κ3) is 2.53. The Morgan fingerprint density at radius 2 is 2.41 bits per heavy atom. The van der Waals surface area contributed by atoms with Gasteiger partial charge in [-0.3, -0.25) is 9.48 Å². The molecule has 0 saturated carbocycles. The van der Waals surface area contributed by atoms with Crippen LogP contribution in [-0.4, -0.2) is 20.5 Å². The summed E-state index contributed by atoms with van der Waals surface area (Å²) in [5.74, 6) is -0.0290. The topological polar surface area (TPSA) is 50.7 Å². The van der Waals surface area contributed by atoms with Gasteiger partial charge in [-0.25, -0.2) is 0 Å². The SMILES string of the molecule is CCn1cc(C=CC(=O)c2ccc[nH]2)c(C)n1. The number of aryl methyl sites for hydroxylation is 2. The van der Waals surface area contributed by atoms with Gasteiger partial charge in [0, 0.05) is 24.5 Å². The van der Waals surface area contributed by atoms with E-state index in [0.717, 1.165) is 17.8 Å². The number of ketones is 1. The number of aromatic amines is 1. The molecule has 0 aromatic carbocycles. The predicted molar refractivity (Wildman–Crippen MR) is 66.8 cm³/mol. The maximum absolute atomic E-state index is 11.7. The molecule has 0 amide bonds. The molecule has 0 spiro atoms. The fraction of sp³-hybridized carbons (Fsp3) is 0.231. The van der Waals surface area contributed by atoms with Gasteiger partial charge in [-0.2, -0.15) is 5.10 Å². The molecule has 0 aliphatic rings. The molecule has 0 aliphatic heterocycles. The molecule has 17 heavy (non-hydrogen) atoms. The summed E-state index contributed by atoms with van der Waals surface area (Å²) >= 11 is 0. The lowest BCUT2D eigenvalue weighted by molar-refractivity contribution is 0.104.